The first-order valence-corrected chi connectivity index (χ1v) is 11.5. The molecule has 0 spiro atoms. The molecule has 0 aliphatic rings. The molecule has 0 saturated carbocycles. The summed E-state index contributed by atoms with van der Waals surface area (Å²) in [6.45, 7) is 4.24. The van der Waals surface area contributed by atoms with Gasteiger partial charge in [0.05, 0.1) is 28.8 Å². The highest BCUT2D eigenvalue weighted by Crippen LogP contribution is 2.37. The van der Waals surface area contributed by atoms with Crippen molar-refractivity contribution in [3.8, 4) is 17.2 Å². The minimum Gasteiger partial charge on any atom is -0.497 e. The van der Waals surface area contributed by atoms with Crippen LogP contribution in [0.15, 0.2) is 54.6 Å². The smallest absolute Gasteiger partial charge is 0.180 e. The summed E-state index contributed by atoms with van der Waals surface area (Å²) in [5.74, 6) is 2.00. The first-order chi connectivity index (χ1) is 15.5. The Bertz CT molecular complexity index is 1030. The van der Waals surface area contributed by atoms with E-state index in [2.05, 4.69) is 17.4 Å². The fourth-order valence-electron chi connectivity index (χ4n) is 3.17. The lowest BCUT2D eigenvalue weighted by molar-refractivity contribution is 0.269. The van der Waals surface area contributed by atoms with Gasteiger partial charge in [-0.3, -0.25) is 0 Å². The molecule has 0 amide bonds. The summed E-state index contributed by atoms with van der Waals surface area (Å²) in [4.78, 5) is 0. The normalized spacial score (nSPS) is 10.8. The Kier molecular flexibility index (Phi) is 9.36. The molecule has 3 rings (SSSR count). The van der Waals surface area contributed by atoms with E-state index in [9.17, 15) is 0 Å². The highest BCUT2D eigenvalue weighted by molar-refractivity contribution is 6.42. The van der Waals surface area contributed by atoms with Crippen molar-refractivity contribution in [2.75, 3.05) is 20.3 Å². The lowest BCUT2D eigenvalue weighted by Crippen LogP contribution is -2.17. The van der Waals surface area contributed by atoms with Crippen molar-refractivity contribution in [3.05, 3.63) is 86.4 Å². The lowest BCUT2D eigenvalue weighted by atomic mass is 10.1. The Hall–Kier alpha value is -2.11. The highest BCUT2D eigenvalue weighted by atomic mass is 35.5. The van der Waals surface area contributed by atoms with Crippen molar-refractivity contribution in [2.24, 2.45) is 0 Å². The third kappa shape index (κ3) is 6.94. The van der Waals surface area contributed by atoms with E-state index < -0.39 is 0 Å². The van der Waals surface area contributed by atoms with Crippen LogP contribution in [-0.4, -0.2) is 20.3 Å². The Labute approximate surface area is 204 Å². The molecule has 1 N–H and O–H groups in total. The van der Waals surface area contributed by atoms with E-state index >= 15 is 0 Å². The number of methoxy groups -OCH3 is 1. The van der Waals surface area contributed by atoms with Crippen LogP contribution in [0.4, 0.5) is 0 Å². The van der Waals surface area contributed by atoms with E-state index in [0.717, 1.165) is 29.8 Å². The first kappa shape index (κ1) is 24.5. The zero-order valence-corrected chi connectivity index (χ0v) is 20.4. The average Bonchev–Trinajstić information content (AvgIpc) is 2.79. The molecule has 0 aliphatic carbocycles. The number of nitrogens with one attached hydrogen (secondary N) is 1. The van der Waals surface area contributed by atoms with Crippen LogP contribution in [-0.2, 0) is 19.6 Å². The molecule has 32 heavy (non-hydrogen) atoms. The molecule has 0 aromatic heterocycles. The van der Waals surface area contributed by atoms with Crippen molar-refractivity contribution in [1.82, 2.24) is 5.32 Å². The van der Waals surface area contributed by atoms with Gasteiger partial charge in [-0.25, -0.2) is 0 Å². The summed E-state index contributed by atoms with van der Waals surface area (Å²) in [5.41, 5.74) is 3.16. The van der Waals surface area contributed by atoms with E-state index in [1.54, 1.807) is 19.2 Å². The molecule has 0 fully saturated rings. The number of ether oxygens (including phenoxy) is 3. The quantitative estimate of drug-likeness (QED) is 0.292. The van der Waals surface area contributed by atoms with Crippen LogP contribution in [0.2, 0.25) is 15.1 Å². The second-order valence-electron chi connectivity index (χ2n) is 7.15. The molecule has 0 bridgehead atoms. The Morgan fingerprint density at radius 1 is 0.781 bits per heavy atom. The van der Waals surface area contributed by atoms with Crippen LogP contribution in [0.5, 0.6) is 17.2 Å². The second kappa shape index (κ2) is 12.2. The highest BCUT2D eigenvalue weighted by Gasteiger charge is 2.13. The fourth-order valence-corrected chi connectivity index (χ4v) is 3.78. The predicted octanol–water partition coefficient (Wildman–Crippen LogP) is 6.97. The van der Waals surface area contributed by atoms with Gasteiger partial charge in [0.2, 0.25) is 0 Å². The van der Waals surface area contributed by atoms with Crippen molar-refractivity contribution in [3.63, 3.8) is 0 Å². The van der Waals surface area contributed by atoms with Crippen molar-refractivity contribution in [1.29, 1.82) is 0 Å². The molecule has 0 radical (unpaired) electrons. The first-order valence-electron chi connectivity index (χ1n) is 10.4. The summed E-state index contributed by atoms with van der Waals surface area (Å²) in [5, 5.41) is 4.95. The molecular weight excluding hydrogens is 469 g/mol. The molecule has 170 valence electrons. The van der Waals surface area contributed by atoms with E-state index in [1.807, 2.05) is 37.3 Å². The summed E-state index contributed by atoms with van der Waals surface area (Å²) in [7, 11) is 1.67. The van der Waals surface area contributed by atoms with Gasteiger partial charge in [-0.15, -0.1) is 0 Å². The molecule has 3 aromatic rings. The van der Waals surface area contributed by atoms with Gasteiger partial charge < -0.3 is 19.5 Å². The van der Waals surface area contributed by atoms with Crippen molar-refractivity contribution in [2.45, 2.75) is 26.5 Å². The maximum absolute atomic E-state index is 6.54. The number of hydrogen-bond donors (Lipinski definition) is 1. The molecule has 0 heterocycles. The van der Waals surface area contributed by atoms with Crippen molar-refractivity contribution < 1.29 is 14.2 Å². The third-order valence-corrected chi connectivity index (χ3v) is 5.83. The molecular formula is C25H26Cl3NO3. The summed E-state index contributed by atoms with van der Waals surface area (Å²) in [6.07, 6.45) is 0.918. The Morgan fingerprint density at radius 2 is 1.50 bits per heavy atom. The lowest BCUT2D eigenvalue weighted by Gasteiger charge is -2.16. The second-order valence-corrected chi connectivity index (χ2v) is 8.37. The minimum absolute atomic E-state index is 0.302. The number of rotatable bonds is 11. The summed E-state index contributed by atoms with van der Waals surface area (Å²) >= 11 is 18.6. The van der Waals surface area contributed by atoms with Gasteiger partial charge in [-0.2, -0.15) is 0 Å². The third-order valence-electron chi connectivity index (χ3n) is 4.81. The van der Waals surface area contributed by atoms with Crippen molar-refractivity contribution >= 4 is 34.8 Å². The Balaban J connectivity index is 1.60. The van der Waals surface area contributed by atoms with Gasteiger partial charge in [0.25, 0.3) is 0 Å². The number of benzene rings is 3. The zero-order valence-electron chi connectivity index (χ0n) is 18.1. The molecule has 3 aromatic carbocycles. The monoisotopic (exact) mass is 493 g/mol. The van der Waals surface area contributed by atoms with E-state index in [-0.39, 0.29) is 0 Å². The van der Waals surface area contributed by atoms with Gasteiger partial charge >= 0.3 is 0 Å². The fraction of sp³-hybridized carbons (Fsp3) is 0.280. The topological polar surface area (TPSA) is 39.7 Å². The minimum atomic E-state index is 0.302. The number of hydrogen-bond acceptors (Lipinski definition) is 4. The van der Waals surface area contributed by atoms with Crippen LogP contribution >= 0.6 is 34.8 Å². The van der Waals surface area contributed by atoms with Crippen LogP contribution in [0.25, 0.3) is 0 Å². The molecule has 7 heteroatoms. The SMILES string of the molecule is CCOc1cc(CNCCc2ccc(OC)cc2)cc(Cl)c1OCc1ccc(Cl)c(Cl)c1. The van der Waals surface area contributed by atoms with Gasteiger partial charge in [0.15, 0.2) is 11.5 Å². The van der Waals surface area contributed by atoms with Gasteiger partial charge in [-0.05, 0) is 73.0 Å². The van der Waals surface area contributed by atoms with Crippen LogP contribution in [0.3, 0.4) is 0 Å². The van der Waals surface area contributed by atoms with Crippen LogP contribution in [0.1, 0.15) is 23.6 Å². The van der Waals surface area contributed by atoms with Gasteiger partial charge in [0.1, 0.15) is 12.4 Å². The standard InChI is InChI=1S/C25H26Cl3NO3/c1-3-31-24-14-19(15-29-11-10-17-4-7-20(30-2)8-5-17)13-23(28)25(24)32-16-18-6-9-21(26)22(27)12-18/h4-9,12-14,29H,3,10-11,15-16H2,1-2H3. The summed E-state index contributed by atoms with van der Waals surface area (Å²) < 4.78 is 17.0. The van der Waals surface area contributed by atoms with E-state index in [4.69, 9.17) is 49.0 Å². The molecule has 0 atom stereocenters. The van der Waals surface area contributed by atoms with Crippen LogP contribution in [0, 0.1) is 0 Å². The number of halogens is 3. The largest absolute Gasteiger partial charge is 0.497 e. The summed E-state index contributed by atoms with van der Waals surface area (Å²) in [6, 6.07) is 17.3. The Morgan fingerprint density at radius 3 is 2.19 bits per heavy atom. The molecule has 0 unspecified atom stereocenters. The van der Waals surface area contributed by atoms with E-state index in [0.29, 0.717) is 46.3 Å². The molecule has 0 aliphatic heterocycles. The maximum atomic E-state index is 6.54. The molecule has 0 saturated heterocycles. The maximum Gasteiger partial charge on any atom is 0.180 e. The van der Waals surface area contributed by atoms with Gasteiger partial charge in [-0.1, -0.05) is 53.0 Å². The van der Waals surface area contributed by atoms with Crippen LogP contribution < -0.4 is 19.5 Å². The predicted molar refractivity (Wildman–Crippen MR) is 132 cm³/mol. The van der Waals surface area contributed by atoms with Gasteiger partial charge in [0, 0.05) is 6.54 Å². The average molecular weight is 495 g/mol. The zero-order chi connectivity index (χ0) is 22.9. The molecule has 4 nitrogen and oxygen atoms in total. The van der Waals surface area contributed by atoms with E-state index in [1.165, 1.54) is 5.56 Å².